The van der Waals surface area contributed by atoms with Crippen LogP contribution in [0, 0.1) is 11.3 Å². The van der Waals surface area contributed by atoms with Crippen molar-refractivity contribution in [3.05, 3.63) is 29.8 Å². The molecule has 2 amide bonds. The van der Waals surface area contributed by atoms with Crippen molar-refractivity contribution in [1.82, 2.24) is 5.32 Å². The number of nitrogens with two attached hydrogens (primary N) is 1. The number of carboxylic acids is 1. The molecule has 0 spiro atoms. The van der Waals surface area contributed by atoms with Crippen LogP contribution in [0.2, 0.25) is 0 Å². The van der Waals surface area contributed by atoms with E-state index in [9.17, 15) is 24.1 Å². The molecule has 0 bridgehead atoms. The number of phosphoric acid groups is 1. The Hall–Kier alpha value is -2.42. The lowest BCUT2D eigenvalue weighted by atomic mass is 9.80. The van der Waals surface area contributed by atoms with Crippen LogP contribution in [0.4, 0.5) is 0 Å². The lowest BCUT2D eigenvalue weighted by Crippen LogP contribution is -2.47. The molecule has 2 rings (SSSR count). The Labute approximate surface area is 193 Å². The van der Waals surface area contributed by atoms with E-state index in [1.807, 2.05) is 0 Å². The molecule has 2 unspecified atom stereocenters. The number of carbonyl (C=O) groups is 3. The summed E-state index contributed by atoms with van der Waals surface area (Å²) >= 11 is 0. The highest BCUT2D eigenvalue weighted by atomic mass is 31.2. The first-order valence-electron chi connectivity index (χ1n) is 11.1. The average Bonchev–Trinajstić information content (AvgIpc) is 2.73. The van der Waals surface area contributed by atoms with Crippen LogP contribution in [0.3, 0.4) is 0 Å². The highest BCUT2D eigenvalue weighted by Crippen LogP contribution is 2.37. The van der Waals surface area contributed by atoms with Crippen LogP contribution < -0.4 is 15.6 Å². The molecule has 1 aliphatic rings. The number of hydrogen-bond acceptors (Lipinski definition) is 5. The summed E-state index contributed by atoms with van der Waals surface area (Å²) in [6.07, 6.45) is 8.13. The largest absolute Gasteiger partial charge is 0.524 e. The minimum Gasteiger partial charge on any atom is -0.480 e. The summed E-state index contributed by atoms with van der Waals surface area (Å²) < 4.78 is 15.4. The second-order valence-electron chi connectivity index (χ2n) is 8.92. The molecule has 184 valence electrons. The van der Waals surface area contributed by atoms with Crippen molar-refractivity contribution in [2.24, 2.45) is 17.1 Å². The Balaban J connectivity index is 2.09. The number of nitrogens with one attached hydrogen (secondary N) is 1. The molecule has 0 aliphatic heterocycles. The molecule has 6 N–H and O–H groups in total. The number of hydrogen-bond donors (Lipinski definition) is 5. The number of rotatable bonds is 12. The van der Waals surface area contributed by atoms with Crippen molar-refractivity contribution in [1.29, 1.82) is 0 Å². The normalized spacial score (nSPS) is 17.5. The zero-order valence-corrected chi connectivity index (χ0v) is 19.6. The summed E-state index contributed by atoms with van der Waals surface area (Å²) in [6, 6.07) is 4.57. The van der Waals surface area contributed by atoms with Gasteiger partial charge in [0.25, 0.3) is 5.91 Å². The van der Waals surface area contributed by atoms with Gasteiger partial charge in [-0.1, -0.05) is 44.9 Å². The van der Waals surface area contributed by atoms with Gasteiger partial charge in [-0.05, 0) is 49.9 Å². The van der Waals surface area contributed by atoms with E-state index in [0.29, 0.717) is 12.3 Å². The van der Waals surface area contributed by atoms with Crippen LogP contribution in [0.1, 0.15) is 75.1 Å². The maximum absolute atomic E-state index is 12.8. The highest BCUT2D eigenvalue weighted by molar-refractivity contribution is 7.46. The molecule has 1 aliphatic carbocycles. The Morgan fingerprint density at radius 2 is 1.79 bits per heavy atom. The zero-order chi connectivity index (χ0) is 24.6. The maximum atomic E-state index is 12.8. The smallest absolute Gasteiger partial charge is 0.480 e. The number of phosphoric ester groups is 1. The Bertz CT molecular complexity index is 863. The maximum Gasteiger partial charge on any atom is 0.524 e. The van der Waals surface area contributed by atoms with Gasteiger partial charge in [0.2, 0.25) is 5.91 Å². The lowest BCUT2D eigenvalue weighted by molar-refractivity contribution is -0.154. The average molecular weight is 484 g/mol. The minimum absolute atomic E-state index is 0.101. The molecule has 1 aromatic rings. The van der Waals surface area contributed by atoms with E-state index in [-0.39, 0.29) is 17.7 Å². The fraction of sp³-hybridized carbons (Fsp3) is 0.591. The molecule has 1 saturated carbocycles. The lowest BCUT2D eigenvalue weighted by Gasteiger charge is -2.28. The highest BCUT2D eigenvalue weighted by Gasteiger charge is 2.42. The molecule has 0 radical (unpaired) electrons. The molecule has 33 heavy (non-hydrogen) atoms. The number of carboxylic acid groups (broad SMARTS) is 1. The van der Waals surface area contributed by atoms with Gasteiger partial charge in [-0.25, -0.2) is 4.57 Å². The molecule has 2 atom stereocenters. The van der Waals surface area contributed by atoms with Crippen LogP contribution in [0.15, 0.2) is 24.3 Å². The molecule has 0 saturated heterocycles. The third kappa shape index (κ3) is 8.46. The van der Waals surface area contributed by atoms with Crippen molar-refractivity contribution < 1.29 is 38.4 Å². The van der Waals surface area contributed by atoms with E-state index >= 15 is 0 Å². The van der Waals surface area contributed by atoms with Crippen LogP contribution >= 0.6 is 7.82 Å². The predicted octanol–water partition coefficient (Wildman–Crippen LogP) is 2.97. The SMILES string of the molecule is CC(CC(CCCC1CCCCC1)NC(=O)c1ccc(OP(=O)(O)O)cc1)(C(N)=O)C(=O)O. The van der Waals surface area contributed by atoms with Gasteiger partial charge in [-0.2, -0.15) is 0 Å². The summed E-state index contributed by atoms with van der Waals surface area (Å²) in [5.74, 6) is -2.30. The van der Waals surface area contributed by atoms with Crippen LogP contribution in [-0.2, 0) is 14.2 Å². The first-order chi connectivity index (χ1) is 15.4. The van der Waals surface area contributed by atoms with Gasteiger partial charge in [0, 0.05) is 11.6 Å². The van der Waals surface area contributed by atoms with E-state index in [0.717, 1.165) is 12.8 Å². The Morgan fingerprint density at radius 1 is 1.18 bits per heavy atom. The van der Waals surface area contributed by atoms with E-state index < -0.39 is 37.1 Å². The van der Waals surface area contributed by atoms with E-state index in [4.69, 9.17) is 15.5 Å². The van der Waals surface area contributed by atoms with Gasteiger partial charge < -0.3 is 20.7 Å². The molecule has 0 aromatic heterocycles. The molecule has 1 fully saturated rings. The van der Waals surface area contributed by atoms with E-state index in [2.05, 4.69) is 9.84 Å². The number of amides is 2. The third-order valence-electron chi connectivity index (χ3n) is 6.24. The monoisotopic (exact) mass is 484 g/mol. The van der Waals surface area contributed by atoms with Crippen LogP contribution in [0.25, 0.3) is 0 Å². The van der Waals surface area contributed by atoms with Crippen molar-refractivity contribution in [3.8, 4) is 5.75 Å². The fourth-order valence-electron chi connectivity index (χ4n) is 4.21. The van der Waals surface area contributed by atoms with Crippen molar-refractivity contribution in [2.45, 2.75) is 70.8 Å². The Morgan fingerprint density at radius 3 is 2.30 bits per heavy atom. The summed E-state index contributed by atoms with van der Waals surface area (Å²) in [7, 11) is -4.72. The van der Waals surface area contributed by atoms with Crippen LogP contribution in [0.5, 0.6) is 5.75 Å². The Kier molecular flexibility index (Phi) is 9.46. The van der Waals surface area contributed by atoms with Gasteiger partial charge in [0.05, 0.1) is 0 Å². The number of primary amides is 1. The van der Waals surface area contributed by atoms with Gasteiger partial charge in [-0.3, -0.25) is 24.2 Å². The summed E-state index contributed by atoms with van der Waals surface area (Å²) in [5.41, 5.74) is 3.73. The molecule has 10 nitrogen and oxygen atoms in total. The summed E-state index contributed by atoms with van der Waals surface area (Å²) in [5, 5.41) is 12.4. The quantitative estimate of drug-likeness (QED) is 0.222. The van der Waals surface area contributed by atoms with Crippen molar-refractivity contribution in [3.63, 3.8) is 0 Å². The molecule has 11 heteroatoms. The number of aliphatic carboxylic acids is 1. The predicted molar refractivity (Wildman–Crippen MR) is 120 cm³/mol. The molecular formula is C22H33N2O8P. The summed E-state index contributed by atoms with van der Waals surface area (Å²) in [6.45, 7) is 1.26. The van der Waals surface area contributed by atoms with E-state index in [1.165, 1.54) is 63.3 Å². The number of carbonyl (C=O) groups excluding carboxylic acids is 2. The van der Waals surface area contributed by atoms with Gasteiger partial charge in [-0.15, -0.1) is 0 Å². The first-order valence-corrected chi connectivity index (χ1v) is 12.6. The van der Waals surface area contributed by atoms with Gasteiger partial charge in [0.1, 0.15) is 11.2 Å². The van der Waals surface area contributed by atoms with Gasteiger partial charge in [0.15, 0.2) is 0 Å². The van der Waals surface area contributed by atoms with Crippen LogP contribution in [-0.4, -0.2) is 38.7 Å². The molecule has 1 aromatic carbocycles. The fourth-order valence-corrected chi connectivity index (χ4v) is 4.61. The van der Waals surface area contributed by atoms with Crippen molar-refractivity contribution >= 4 is 25.6 Å². The van der Waals surface area contributed by atoms with E-state index in [1.54, 1.807) is 0 Å². The summed E-state index contributed by atoms with van der Waals surface area (Å²) in [4.78, 5) is 54.1. The second-order valence-corrected chi connectivity index (χ2v) is 10.1. The number of benzene rings is 1. The van der Waals surface area contributed by atoms with Crippen molar-refractivity contribution in [2.75, 3.05) is 0 Å². The standard InChI is InChI=1S/C22H33N2O8P/c1-22(20(23)26,21(27)28)14-17(9-5-8-15-6-3-2-4-7-15)24-19(25)16-10-12-18(13-11-16)32-33(29,30)31/h10-13,15,17H,2-9,14H2,1H3,(H2,23,26)(H,24,25)(H,27,28)(H2,29,30,31). The first kappa shape index (κ1) is 26.8. The molecule has 0 heterocycles. The second kappa shape index (κ2) is 11.6. The third-order valence-corrected chi connectivity index (χ3v) is 6.68. The zero-order valence-electron chi connectivity index (χ0n) is 18.7. The van der Waals surface area contributed by atoms with Gasteiger partial charge >= 0.3 is 13.8 Å². The topological polar surface area (TPSA) is 176 Å². The molecular weight excluding hydrogens is 451 g/mol. The minimum atomic E-state index is -4.72.